The Morgan fingerprint density at radius 2 is 1.85 bits per heavy atom. The highest BCUT2D eigenvalue weighted by Gasteiger charge is 2.48. The van der Waals surface area contributed by atoms with Crippen molar-refractivity contribution in [1.82, 2.24) is 9.55 Å². The first-order valence-electron chi connectivity index (χ1n) is 6.09. The molecule has 0 radical (unpaired) electrons. The van der Waals surface area contributed by atoms with E-state index in [4.69, 9.17) is 23.1 Å². The van der Waals surface area contributed by atoms with Crippen molar-refractivity contribution in [2.45, 2.75) is 23.5 Å². The Balaban J connectivity index is 2.21. The third-order valence-electron chi connectivity index (χ3n) is 3.68. The van der Waals surface area contributed by atoms with Crippen LogP contribution in [0.15, 0.2) is 34.2 Å². The van der Waals surface area contributed by atoms with Crippen molar-refractivity contribution in [2.75, 3.05) is 11.5 Å². The van der Waals surface area contributed by atoms with Gasteiger partial charge >= 0.3 is 0 Å². The Morgan fingerprint density at radius 1 is 1.25 bits per heavy atom. The number of rotatable bonds is 2. The Morgan fingerprint density at radius 3 is 2.40 bits per heavy atom. The predicted octanol–water partition coefficient (Wildman–Crippen LogP) is 1.89. The van der Waals surface area contributed by atoms with Crippen LogP contribution in [0.2, 0.25) is 5.02 Å². The van der Waals surface area contributed by atoms with Gasteiger partial charge in [0.15, 0.2) is 5.16 Å². The summed E-state index contributed by atoms with van der Waals surface area (Å²) in [6.45, 7) is 0. The van der Waals surface area contributed by atoms with Gasteiger partial charge in [-0.3, -0.25) is 9.36 Å². The summed E-state index contributed by atoms with van der Waals surface area (Å²) in [5.41, 5.74) is 11.8. The van der Waals surface area contributed by atoms with Gasteiger partial charge in [0, 0.05) is 5.02 Å². The molecule has 0 unspecified atom stereocenters. The molecule has 1 aromatic carbocycles. The summed E-state index contributed by atoms with van der Waals surface area (Å²) >= 11 is 10.2. The van der Waals surface area contributed by atoms with Crippen LogP contribution in [-0.2, 0) is 5.54 Å². The molecule has 5 nitrogen and oxygen atoms in total. The van der Waals surface area contributed by atoms with E-state index in [1.165, 1.54) is 0 Å². The number of nitrogens with two attached hydrogens (primary N) is 2. The maximum atomic E-state index is 11.5. The zero-order chi connectivity index (χ0) is 14.5. The zero-order valence-corrected chi connectivity index (χ0v) is 12.2. The fraction of sp³-hybridized carbons (Fsp3) is 0.231. The van der Waals surface area contributed by atoms with Crippen molar-refractivity contribution in [3.05, 3.63) is 45.2 Å². The summed E-state index contributed by atoms with van der Waals surface area (Å²) in [5, 5.41) is 0.940. The molecule has 0 spiro atoms. The average molecular weight is 309 g/mol. The van der Waals surface area contributed by atoms with Crippen molar-refractivity contribution >= 4 is 35.7 Å². The number of benzene rings is 1. The summed E-state index contributed by atoms with van der Waals surface area (Å²) in [6.07, 6.45) is 1.77. The van der Waals surface area contributed by atoms with E-state index in [-0.39, 0.29) is 22.2 Å². The molecule has 4 N–H and O–H groups in total. The van der Waals surface area contributed by atoms with Crippen molar-refractivity contribution < 1.29 is 0 Å². The number of anilines is 2. The van der Waals surface area contributed by atoms with Crippen molar-refractivity contribution in [2.24, 2.45) is 0 Å². The first-order chi connectivity index (χ1) is 9.45. The first kappa shape index (κ1) is 13.3. The lowest BCUT2D eigenvalue weighted by Crippen LogP contribution is -2.29. The second kappa shape index (κ2) is 4.43. The van der Waals surface area contributed by atoms with Gasteiger partial charge in [-0.15, -0.1) is 12.6 Å². The molecular formula is C13H13ClN4OS. The van der Waals surface area contributed by atoms with Crippen LogP contribution in [-0.4, -0.2) is 9.55 Å². The quantitative estimate of drug-likeness (QED) is 0.584. The molecule has 2 aromatic rings. The minimum Gasteiger partial charge on any atom is -0.391 e. The van der Waals surface area contributed by atoms with Crippen LogP contribution in [0, 0.1) is 0 Å². The predicted molar refractivity (Wildman–Crippen MR) is 82.3 cm³/mol. The van der Waals surface area contributed by atoms with Gasteiger partial charge in [0.05, 0.1) is 5.54 Å². The maximum absolute atomic E-state index is 11.5. The smallest absolute Gasteiger partial charge is 0.299 e. The highest BCUT2D eigenvalue weighted by Crippen LogP contribution is 2.51. The number of nitrogen functional groups attached to an aromatic ring is 2. The fourth-order valence-electron chi connectivity index (χ4n) is 2.48. The number of aromatic nitrogens is 2. The van der Waals surface area contributed by atoms with E-state index in [0.717, 1.165) is 18.4 Å². The number of halogens is 1. The third kappa shape index (κ3) is 1.87. The number of hydrogen-bond acceptors (Lipinski definition) is 5. The molecule has 0 atom stereocenters. The maximum Gasteiger partial charge on any atom is 0.299 e. The van der Waals surface area contributed by atoms with E-state index in [2.05, 4.69) is 17.6 Å². The molecule has 1 saturated carbocycles. The normalized spacial score (nSPS) is 16.1. The van der Waals surface area contributed by atoms with Crippen LogP contribution in [0.5, 0.6) is 0 Å². The molecule has 3 rings (SSSR count). The highest BCUT2D eigenvalue weighted by atomic mass is 35.5. The number of hydrogen-bond donors (Lipinski definition) is 3. The Kier molecular flexibility index (Phi) is 2.95. The fourth-order valence-corrected chi connectivity index (χ4v) is 3.00. The van der Waals surface area contributed by atoms with Crippen LogP contribution < -0.4 is 17.0 Å². The minimum absolute atomic E-state index is 0.0389. The molecule has 1 aliphatic carbocycles. The Labute approximate surface area is 126 Å². The summed E-state index contributed by atoms with van der Waals surface area (Å²) in [4.78, 5) is 15.4. The molecule has 0 bridgehead atoms. The average Bonchev–Trinajstić information content (AvgIpc) is 3.18. The standard InChI is InChI=1S/C13H13ClN4OS/c14-8-3-1-7(2-4-8)13(5-6-13)18-10(16)9(15)11(19)17-12(18)20/h1-4H,5-6,15-16H2,(H,17,19,20). The van der Waals surface area contributed by atoms with Crippen LogP contribution in [0.3, 0.4) is 0 Å². The largest absolute Gasteiger partial charge is 0.391 e. The van der Waals surface area contributed by atoms with Gasteiger partial charge in [0.1, 0.15) is 11.5 Å². The van der Waals surface area contributed by atoms with Crippen LogP contribution in [0.1, 0.15) is 18.4 Å². The Bertz CT molecular complexity index is 737. The van der Waals surface area contributed by atoms with Crippen LogP contribution >= 0.6 is 24.2 Å². The van der Waals surface area contributed by atoms with Crippen LogP contribution in [0.25, 0.3) is 0 Å². The first-order valence-corrected chi connectivity index (χ1v) is 6.92. The molecule has 1 heterocycles. The highest BCUT2D eigenvalue weighted by molar-refractivity contribution is 7.80. The molecule has 20 heavy (non-hydrogen) atoms. The summed E-state index contributed by atoms with van der Waals surface area (Å²) < 4.78 is 1.73. The summed E-state index contributed by atoms with van der Waals surface area (Å²) in [7, 11) is 0. The van der Waals surface area contributed by atoms with Gasteiger partial charge in [0.2, 0.25) is 0 Å². The molecule has 1 fully saturated rings. The van der Waals surface area contributed by atoms with Gasteiger partial charge < -0.3 is 11.5 Å². The molecule has 0 amide bonds. The molecule has 7 heteroatoms. The van der Waals surface area contributed by atoms with E-state index in [1.54, 1.807) is 4.57 Å². The van der Waals surface area contributed by atoms with Crippen molar-refractivity contribution in [1.29, 1.82) is 0 Å². The molecule has 0 aliphatic heterocycles. The summed E-state index contributed by atoms with van der Waals surface area (Å²) in [6, 6.07) is 7.53. The summed E-state index contributed by atoms with van der Waals surface area (Å²) in [5.74, 6) is 0.211. The monoisotopic (exact) mass is 308 g/mol. The second-order valence-electron chi connectivity index (χ2n) is 4.89. The lowest BCUT2D eigenvalue weighted by Gasteiger charge is -2.24. The lowest BCUT2D eigenvalue weighted by molar-refractivity contribution is 0.514. The molecule has 0 saturated heterocycles. The topological polar surface area (TPSA) is 86.9 Å². The van der Waals surface area contributed by atoms with E-state index >= 15 is 0 Å². The number of nitrogens with zero attached hydrogens (tertiary/aromatic N) is 2. The zero-order valence-electron chi connectivity index (χ0n) is 10.5. The van der Waals surface area contributed by atoms with E-state index < -0.39 is 5.56 Å². The van der Waals surface area contributed by atoms with Crippen molar-refractivity contribution in [3.63, 3.8) is 0 Å². The van der Waals surface area contributed by atoms with Gasteiger partial charge in [-0.05, 0) is 30.5 Å². The molecule has 104 valence electrons. The van der Waals surface area contributed by atoms with Gasteiger partial charge in [0.25, 0.3) is 5.56 Å². The van der Waals surface area contributed by atoms with Gasteiger partial charge in [-0.1, -0.05) is 23.7 Å². The van der Waals surface area contributed by atoms with Crippen molar-refractivity contribution in [3.8, 4) is 0 Å². The Hall–Kier alpha value is -1.66. The van der Waals surface area contributed by atoms with E-state index in [0.29, 0.717) is 5.02 Å². The van der Waals surface area contributed by atoms with Gasteiger partial charge in [-0.25, -0.2) is 0 Å². The van der Waals surface area contributed by atoms with Gasteiger partial charge in [-0.2, -0.15) is 4.98 Å². The third-order valence-corrected chi connectivity index (χ3v) is 4.23. The number of thiol groups is 1. The SMILES string of the molecule is Nc1c(N)n(C2(c3ccc(Cl)cc3)CC2)c(S)nc1=O. The molecule has 1 aliphatic rings. The molecular weight excluding hydrogens is 296 g/mol. The second-order valence-corrected chi connectivity index (χ2v) is 5.73. The van der Waals surface area contributed by atoms with E-state index in [9.17, 15) is 4.79 Å². The minimum atomic E-state index is -0.546. The molecule has 1 aromatic heterocycles. The van der Waals surface area contributed by atoms with Crippen LogP contribution in [0.4, 0.5) is 11.5 Å². The lowest BCUT2D eigenvalue weighted by atomic mass is 10.0. The van der Waals surface area contributed by atoms with E-state index in [1.807, 2.05) is 24.3 Å².